The third kappa shape index (κ3) is 1.95. The maximum atomic E-state index is 12.4. The van der Waals surface area contributed by atoms with Gasteiger partial charge in [0, 0.05) is 0 Å². The molecule has 1 aromatic heterocycles. The van der Waals surface area contributed by atoms with Crippen LogP contribution in [0.15, 0.2) is 60.7 Å². The number of rotatable bonds is 2. The van der Waals surface area contributed by atoms with Gasteiger partial charge in [-0.15, -0.1) is 0 Å². The SMILES string of the molecule is O=[Se](c1ccccc1)c1cc2ccccc2[nH]1. The summed E-state index contributed by atoms with van der Waals surface area (Å²) in [7, 11) is 0. The van der Waals surface area contributed by atoms with Gasteiger partial charge in [0.25, 0.3) is 0 Å². The Morgan fingerprint density at radius 2 is 1.59 bits per heavy atom. The topological polar surface area (TPSA) is 32.9 Å². The Bertz CT molecular complexity index is 640. The molecule has 0 bridgehead atoms. The number of aromatic amines is 1. The molecular formula is C14H11NOSe. The van der Waals surface area contributed by atoms with E-state index in [2.05, 4.69) is 4.98 Å². The number of para-hydroxylation sites is 1. The molecule has 84 valence electrons. The van der Waals surface area contributed by atoms with Crippen LogP contribution in [0.5, 0.6) is 0 Å². The van der Waals surface area contributed by atoms with Crippen molar-refractivity contribution in [2.75, 3.05) is 0 Å². The molecule has 0 fully saturated rings. The summed E-state index contributed by atoms with van der Waals surface area (Å²) in [5.41, 5.74) is 1.04. The van der Waals surface area contributed by atoms with Gasteiger partial charge in [-0.1, -0.05) is 0 Å². The van der Waals surface area contributed by atoms with Gasteiger partial charge in [-0.2, -0.15) is 0 Å². The van der Waals surface area contributed by atoms with Crippen molar-refractivity contribution in [1.29, 1.82) is 0 Å². The fraction of sp³-hybridized carbons (Fsp3) is 0. The molecule has 1 N–H and O–H groups in total. The van der Waals surface area contributed by atoms with E-state index in [1.807, 2.05) is 60.7 Å². The standard InChI is InChI=1S/C14H11NOSe/c16-17(12-7-2-1-3-8-12)14-10-11-6-4-5-9-13(11)15-14/h1-10,15H. The van der Waals surface area contributed by atoms with Crippen LogP contribution < -0.4 is 9.05 Å². The molecule has 0 amide bonds. The van der Waals surface area contributed by atoms with Crippen LogP contribution >= 0.6 is 0 Å². The molecule has 0 spiro atoms. The Labute approximate surface area is 103 Å². The minimum atomic E-state index is -2.15. The molecule has 17 heavy (non-hydrogen) atoms. The molecule has 0 aliphatic carbocycles. The van der Waals surface area contributed by atoms with Gasteiger partial charge in [-0.05, 0) is 0 Å². The van der Waals surface area contributed by atoms with Gasteiger partial charge in [-0.3, -0.25) is 0 Å². The molecule has 0 radical (unpaired) electrons. The fourth-order valence-electron chi connectivity index (χ4n) is 1.82. The van der Waals surface area contributed by atoms with Crippen LogP contribution in [0.1, 0.15) is 0 Å². The van der Waals surface area contributed by atoms with E-state index in [4.69, 9.17) is 0 Å². The summed E-state index contributed by atoms with van der Waals surface area (Å²) in [6, 6.07) is 19.6. The zero-order valence-electron chi connectivity index (χ0n) is 9.09. The van der Waals surface area contributed by atoms with Crippen molar-refractivity contribution in [3.05, 3.63) is 60.7 Å². The first-order valence-corrected chi connectivity index (χ1v) is 7.80. The molecule has 2 nitrogen and oxygen atoms in total. The first-order chi connectivity index (χ1) is 8.34. The van der Waals surface area contributed by atoms with Crippen LogP contribution in [0.4, 0.5) is 0 Å². The molecule has 1 heterocycles. The van der Waals surface area contributed by atoms with Crippen molar-refractivity contribution in [1.82, 2.24) is 4.98 Å². The van der Waals surface area contributed by atoms with Gasteiger partial charge in [0.1, 0.15) is 0 Å². The minimum absolute atomic E-state index is 0.845. The van der Waals surface area contributed by atoms with Crippen molar-refractivity contribution in [2.24, 2.45) is 0 Å². The summed E-state index contributed by atoms with van der Waals surface area (Å²) < 4.78 is 14.2. The van der Waals surface area contributed by atoms with Crippen LogP contribution in [0.2, 0.25) is 0 Å². The molecule has 3 rings (SSSR count). The Morgan fingerprint density at radius 1 is 0.882 bits per heavy atom. The molecule has 1 unspecified atom stereocenters. The second-order valence-electron chi connectivity index (χ2n) is 3.80. The average molecular weight is 288 g/mol. The van der Waals surface area contributed by atoms with Crippen LogP contribution in [0, 0.1) is 0 Å². The second-order valence-corrected chi connectivity index (χ2v) is 6.84. The number of fused-ring (bicyclic) bond motifs is 1. The third-order valence-corrected chi connectivity index (χ3v) is 5.43. The molecule has 3 aromatic rings. The Hall–Kier alpha value is -1.70. The predicted molar refractivity (Wildman–Crippen MR) is 70.4 cm³/mol. The van der Waals surface area contributed by atoms with Gasteiger partial charge < -0.3 is 0 Å². The van der Waals surface area contributed by atoms with Gasteiger partial charge in [-0.25, -0.2) is 0 Å². The van der Waals surface area contributed by atoms with Crippen molar-refractivity contribution in [3.8, 4) is 0 Å². The Morgan fingerprint density at radius 3 is 2.35 bits per heavy atom. The van der Waals surface area contributed by atoms with E-state index < -0.39 is 13.8 Å². The van der Waals surface area contributed by atoms with E-state index in [1.165, 1.54) is 0 Å². The number of nitrogens with one attached hydrogen (secondary N) is 1. The number of benzene rings is 2. The summed E-state index contributed by atoms with van der Waals surface area (Å²) in [4.78, 5) is 3.24. The summed E-state index contributed by atoms with van der Waals surface area (Å²) in [6.45, 7) is 0. The van der Waals surface area contributed by atoms with E-state index in [1.54, 1.807) is 0 Å². The van der Waals surface area contributed by atoms with E-state index in [9.17, 15) is 3.83 Å². The zero-order valence-corrected chi connectivity index (χ0v) is 10.8. The van der Waals surface area contributed by atoms with Crippen LogP contribution in [0.25, 0.3) is 10.9 Å². The Balaban J connectivity index is 2.07. The van der Waals surface area contributed by atoms with Gasteiger partial charge in [0.2, 0.25) is 0 Å². The van der Waals surface area contributed by atoms with Crippen LogP contribution in [-0.4, -0.2) is 18.8 Å². The quantitative estimate of drug-likeness (QED) is 0.715. The third-order valence-electron chi connectivity index (χ3n) is 2.66. The normalized spacial score (nSPS) is 12.7. The Kier molecular flexibility index (Phi) is 2.63. The molecular weight excluding hydrogens is 277 g/mol. The molecule has 0 aliphatic heterocycles. The van der Waals surface area contributed by atoms with E-state index in [-0.39, 0.29) is 0 Å². The fourth-order valence-corrected chi connectivity index (χ4v) is 4.11. The van der Waals surface area contributed by atoms with E-state index in [0.717, 1.165) is 20.0 Å². The molecule has 2 aromatic carbocycles. The van der Waals surface area contributed by atoms with Gasteiger partial charge >= 0.3 is 103 Å². The van der Waals surface area contributed by atoms with Gasteiger partial charge in [0.05, 0.1) is 0 Å². The number of H-pyrrole nitrogens is 1. The monoisotopic (exact) mass is 289 g/mol. The summed E-state index contributed by atoms with van der Waals surface area (Å²) in [6.07, 6.45) is 0. The van der Waals surface area contributed by atoms with Crippen LogP contribution in [-0.2, 0) is 3.83 Å². The van der Waals surface area contributed by atoms with Gasteiger partial charge in [0.15, 0.2) is 0 Å². The summed E-state index contributed by atoms with van der Waals surface area (Å²) in [5.74, 6) is 0. The number of hydrogen-bond acceptors (Lipinski definition) is 1. The van der Waals surface area contributed by atoms with Crippen molar-refractivity contribution < 1.29 is 3.83 Å². The zero-order chi connectivity index (χ0) is 11.7. The number of hydrogen-bond donors (Lipinski definition) is 1. The molecule has 1 atom stereocenters. The predicted octanol–water partition coefficient (Wildman–Crippen LogP) is 1.70. The molecule has 3 heteroatoms. The van der Waals surface area contributed by atoms with E-state index in [0.29, 0.717) is 0 Å². The second kappa shape index (κ2) is 4.28. The average Bonchev–Trinajstić information content (AvgIpc) is 2.82. The summed E-state index contributed by atoms with van der Waals surface area (Å²) >= 11 is -2.15. The van der Waals surface area contributed by atoms with Crippen LogP contribution in [0.3, 0.4) is 0 Å². The molecule has 0 aliphatic rings. The number of aromatic nitrogens is 1. The molecule has 0 saturated carbocycles. The van der Waals surface area contributed by atoms with Crippen molar-refractivity contribution in [3.63, 3.8) is 0 Å². The molecule has 0 saturated heterocycles. The van der Waals surface area contributed by atoms with Crippen molar-refractivity contribution >= 4 is 33.8 Å². The maximum absolute atomic E-state index is 12.4. The summed E-state index contributed by atoms with van der Waals surface area (Å²) in [5, 5.41) is 1.11. The van der Waals surface area contributed by atoms with Crippen molar-refractivity contribution in [2.45, 2.75) is 0 Å². The van der Waals surface area contributed by atoms with E-state index >= 15 is 0 Å². The first kappa shape index (κ1) is 10.5. The first-order valence-electron chi connectivity index (χ1n) is 5.39.